The smallest absolute Gasteiger partial charge is 0.0619 e. The van der Waals surface area contributed by atoms with Gasteiger partial charge >= 0.3 is 0 Å². The average Bonchev–Trinajstić information content (AvgIpc) is 3.20. The molecule has 0 N–H and O–H groups in total. The minimum atomic E-state index is 1.07. The Hall–Kier alpha value is -3.84. The van der Waals surface area contributed by atoms with Gasteiger partial charge in [-0.3, -0.25) is 0 Å². The normalized spacial score (nSPS) is 13.4. The Morgan fingerprint density at radius 1 is 0.452 bits per heavy atom. The molecule has 146 valence electrons. The highest BCUT2D eigenvalue weighted by atomic mass is 14.9. The van der Waals surface area contributed by atoms with Crippen molar-refractivity contribution in [1.82, 2.24) is 4.40 Å². The fourth-order valence-electron chi connectivity index (χ4n) is 5.51. The maximum atomic E-state index is 2.52. The molecule has 0 saturated heterocycles. The van der Waals surface area contributed by atoms with Crippen molar-refractivity contribution in [3.8, 4) is 0 Å². The van der Waals surface area contributed by atoms with Gasteiger partial charge in [-0.1, -0.05) is 97.1 Å². The summed E-state index contributed by atoms with van der Waals surface area (Å²) in [5.41, 5.74) is 2.59. The standard InChI is InChI=1S/C30H21N/c1-3-12-22-20(10-1)21-11-2-4-13-23(21)26-16-9-17-27-25-15-6-8-19-29(25)31(30(26)27)28-18-7-5-14-24(22)28/h1-4,6,8-19H,5,7H2. The molecule has 0 aliphatic heterocycles. The molecule has 0 fully saturated rings. The first-order chi connectivity index (χ1) is 15.4. The molecule has 0 atom stereocenters. The van der Waals surface area contributed by atoms with Gasteiger partial charge in [-0.25, -0.2) is 0 Å². The van der Waals surface area contributed by atoms with E-state index in [9.17, 15) is 0 Å². The van der Waals surface area contributed by atoms with Gasteiger partial charge in [-0.05, 0) is 40.5 Å². The lowest BCUT2D eigenvalue weighted by Crippen LogP contribution is -2.32. The maximum absolute atomic E-state index is 2.52. The SMILES string of the molecule is C1=c2c(n3c4ccccc4c4cccc(c5ccccc5c5ccccc25)c43)=CCC1. The fourth-order valence-corrected chi connectivity index (χ4v) is 5.51. The molecule has 1 heteroatoms. The number of hydrogen-bond acceptors (Lipinski definition) is 0. The Bertz CT molecular complexity index is 1830. The molecule has 1 aliphatic rings. The molecule has 1 nitrogen and oxygen atoms in total. The van der Waals surface area contributed by atoms with Crippen LogP contribution in [0, 0.1) is 0 Å². The molecule has 0 amide bonds. The predicted octanol–water partition coefficient (Wildman–Crippen LogP) is 6.47. The van der Waals surface area contributed by atoms with Gasteiger partial charge in [0.25, 0.3) is 0 Å². The van der Waals surface area contributed by atoms with Crippen LogP contribution in [0.3, 0.4) is 0 Å². The predicted molar refractivity (Wildman–Crippen MR) is 134 cm³/mol. The zero-order valence-electron chi connectivity index (χ0n) is 17.2. The van der Waals surface area contributed by atoms with E-state index in [1.807, 2.05) is 0 Å². The van der Waals surface area contributed by atoms with Crippen LogP contribution in [0.15, 0.2) is 91.0 Å². The van der Waals surface area contributed by atoms with E-state index in [-0.39, 0.29) is 0 Å². The van der Waals surface area contributed by atoms with Gasteiger partial charge in [0.05, 0.1) is 11.0 Å². The Morgan fingerprint density at radius 3 is 1.74 bits per heavy atom. The molecule has 4 aromatic carbocycles. The lowest BCUT2D eigenvalue weighted by Gasteiger charge is -2.05. The molecule has 7 rings (SSSR count). The van der Waals surface area contributed by atoms with Gasteiger partial charge in [0, 0.05) is 26.7 Å². The largest absolute Gasteiger partial charge is 0.308 e. The third-order valence-electron chi connectivity index (χ3n) is 6.79. The minimum Gasteiger partial charge on any atom is -0.308 e. The van der Waals surface area contributed by atoms with E-state index in [2.05, 4.69) is 108 Å². The van der Waals surface area contributed by atoms with Crippen LogP contribution in [0.2, 0.25) is 0 Å². The van der Waals surface area contributed by atoms with Crippen molar-refractivity contribution in [3.05, 3.63) is 102 Å². The summed E-state index contributed by atoms with van der Waals surface area (Å²) in [5.74, 6) is 0. The van der Waals surface area contributed by atoms with Crippen LogP contribution >= 0.6 is 0 Å². The second-order valence-electron chi connectivity index (χ2n) is 8.43. The van der Waals surface area contributed by atoms with E-state index in [1.54, 1.807) is 0 Å². The third-order valence-corrected chi connectivity index (χ3v) is 6.79. The molecule has 31 heavy (non-hydrogen) atoms. The summed E-state index contributed by atoms with van der Waals surface area (Å²) in [6.07, 6.45) is 7.03. The average molecular weight is 396 g/mol. The third kappa shape index (κ3) is 2.26. The molecule has 2 aromatic heterocycles. The Morgan fingerprint density at radius 2 is 0.968 bits per heavy atom. The van der Waals surface area contributed by atoms with Crippen molar-refractivity contribution in [2.75, 3.05) is 0 Å². The van der Waals surface area contributed by atoms with Crippen LogP contribution < -0.4 is 10.6 Å². The number of rotatable bonds is 0. The van der Waals surface area contributed by atoms with E-state index < -0.39 is 0 Å². The summed E-state index contributed by atoms with van der Waals surface area (Å²) in [6, 6.07) is 33.4. The lowest BCUT2D eigenvalue weighted by atomic mass is 10.0. The van der Waals surface area contributed by atoms with Crippen LogP contribution in [0.5, 0.6) is 0 Å². The molecule has 2 heterocycles. The molecular formula is C30H21N. The summed E-state index contributed by atoms with van der Waals surface area (Å²) < 4.78 is 2.52. The van der Waals surface area contributed by atoms with Crippen LogP contribution in [0.4, 0.5) is 0 Å². The number of nitrogens with zero attached hydrogens (tertiary/aromatic N) is 1. The summed E-state index contributed by atoms with van der Waals surface area (Å²) in [5, 5.41) is 11.8. The fraction of sp³-hybridized carbons (Fsp3) is 0.0667. The molecule has 0 unspecified atom stereocenters. The van der Waals surface area contributed by atoms with Crippen molar-refractivity contribution in [1.29, 1.82) is 0 Å². The summed E-state index contributed by atoms with van der Waals surface area (Å²) in [7, 11) is 0. The first kappa shape index (κ1) is 16.9. The van der Waals surface area contributed by atoms with Crippen LogP contribution in [0.25, 0.3) is 60.9 Å². The molecule has 6 aromatic rings. The highest BCUT2D eigenvalue weighted by Gasteiger charge is 2.13. The number of para-hydroxylation sites is 2. The van der Waals surface area contributed by atoms with Crippen molar-refractivity contribution in [2.24, 2.45) is 0 Å². The number of benzene rings is 4. The molecule has 0 spiro atoms. The Kier molecular flexibility index (Phi) is 3.45. The first-order valence-electron chi connectivity index (χ1n) is 11.0. The zero-order valence-corrected chi connectivity index (χ0v) is 17.2. The van der Waals surface area contributed by atoms with Crippen molar-refractivity contribution >= 4 is 60.9 Å². The zero-order chi connectivity index (χ0) is 20.4. The minimum absolute atomic E-state index is 1.07. The Balaban J connectivity index is 2.04. The lowest BCUT2D eigenvalue weighted by molar-refractivity contribution is 1.07. The summed E-state index contributed by atoms with van der Waals surface area (Å²) in [6.45, 7) is 0. The molecule has 0 radical (unpaired) electrons. The quantitative estimate of drug-likeness (QED) is 0.278. The van der Waals surface area contributed by atoms with Gasteiger partial charge in [0.2, 0.25) is 0 Å². The highest BCUT2D eigenvalue weighted by molar-refractivity contribution is 6.21. The second-order valence-corrected chi connectivity index (χ2v) is 8.43. The Labute approximate surface area is 179 Å². The van der Waals surface area contributed by atoms with E-state index in [0.717, 1.165) is 12.8 Å². The number of aromatic nitrogens is 1. The maximum Gasteiger partial charge on any atom is 0.0619 e. The van der Waals surface area contributed by atoms with Crippen molar-refractivity contribution in [3.63, 3.8) is 0 Å². The molecule has 0 saturated carbocycles. The van der Waals surface area contributed by atoms with Crippen molar-refractivity contribution < 1.29 is 0 Å². The van der Waals surface area contributed by atoms with E-state index in [4.69, 9.17) is 0 Å². The van der Waals surface area contributed by atoms with Gasteiger partial charge < -0.3 is 4.40 Å². The van der Waals surface area contributed by atoms with Gasteiger partial charge in [0.15, 0.2) is 0 Å². The van der Waals surface area contributed by atoms with Gasteiger partial charge in [0.1, 0.15) is 0 Å². The molecule has 1 aliphatic carbocycles. The number of hydrogen-bond donors (Lipinski definition) is 0. The first-order valence-corrected chi connectivity index (χ1v) is 11.0. The second kappa shape index (κ2) is 6.33. The van der Waals surface area contributed by atoms with E-state index >= 15 is 0 Å². The van der Waals surface area contributed by atoms with Gasteiger partial charge in [-0.15, -0.1) is 0 Å². The molecule has 0 bridgehead atoms. The molecular weight excluding hydrogens is 374 g/mol. The van der Waals surface area contributed by atoms with E-state index in [0.29, 0.717) is 0 Å². The summed E-state index contributed by atoms with van der Waals surface area (Å²) >= 11 is 0. The van der Waals surface area contributed by atoms with Gasteiger partial charge in [-0.2, -0.15) is 0 Å². The number of fused-ring (bicyclic) bond motifs is 10. The summed E-state index contributed by atoms with van der Waals surface area (Å²) in [4.78, 5) is 0. The topological polar surface area (TPSA) is 4.41 Å². The van der Waals surface area contributed by atoms with Crippen LogP contribution in [-0.4, -0.2) is 4.40 Å². The van der Waals surface area contributed by atoms with Crippen LogP contribution in [-0.2, 0) is 0 Å². The van der Waals surface area contributed by atoms with Crippen molar-refractivity contribution in [2.45, 2.75) is 12.8 Å². The van der Waals surface area contributed by atoms with Crippen LogP contribution in [0.1, 0.15) is 12.8 Å². The highest BCUT2D eigenvalue weighted by Crippen LogP contribution is 2.34. The van der Waals surface area contributed by atoms with E-state index in [1.165, 1.54) is 59.3 Å². The monoisotopic (exact) mass is 395 g/mol.